The minimum atomic E-state index is -0.0254. The number of amides is 1. The first-order valence-electron chi connectivity index (χ1n) is 6.59. The maximum absolute atomic E-state index is 12.2. The summed E-state index contributed by atoms with van der Waals surface area (Å²) in [5, 5.41) is 0. The molecular formula is C14H23N3O2. The van der Waals surface area contributed by atoms with E-state index >= 15 is 0 Å². The zero-order chi connectivity index (χ0) is 14.3. The number of pyridine rings is 1. The number of aromatic nitrogens is 1. The van der Waals surface area contributed by atoms with Crippen LogP contribution in [0.25, 0.3) is 0 Å². The topological polar surface area (TPSA) is 68.5 Å². The van der Waals surface area contributed by atoms with Gasteiger partial charge in [0.15, 0.2) is 0 Å². The summed E-state index contributed by atoms with van der Waals surface area (Å²) in [5.74, 6) is 0.377. The van der Waals surface area contributed by atoms with E-state index in [0.717, 1.165) is 25.0 Å². The highest BCUT2D eigenvalue weighted by atomic mass is 16.5. The zero-order valence-corrected chi connectivity index (χ0v) is 12.0. The summed E-state index contributed by atoms with van der Waals surface area (Å²) in [6.07, 6.45) is 2.63. The van der Waals surface area contributed by atoms with Gasteiger partial charge in [0.2, 0.25) is 0 Å². The molecule has 0 aliphatic rings. The quantitative estimate of drug-likeness (QED) is 0.762. The van der Waals surface area contributed by atoms with Gasteiger partial charge in [-0.25, -0.2) is 4.98 Å². The molecule has 0 unspecified atom stereocenters. The minimum Gasteiger partial charge on any atom is -0.385 e. The summed E-state index contributed by atoms with van der Waals surface area (Å²) in [7, 11) is 3.44. The molecule has 1 amide bonds. The predicted molar refractivity (Wildman–Crippen MR) is 76.1 cm³/mol. The van der Waals surface area contributed by atoms with E-state index in [4.69, 9.17) is 10.5 Å². The smallest absolute Gasteiger partial charge is 0.253 e. The van der Waals surface area contributed by atoms with Gasteiger partial charge in [0, 0.05) is 38.6 Å². The van der Waals surface area contributed by atoms with Crippen molar-refractivity contribution in [2.75, 3.05) is 33.0 Å². The van der Waals surface area contributed by atoms with E-state index in [-0.39, 0.29) is 5.91 Å². The third kappa shape index (κ3) is 4.87. The van der Waals surface area contributed by atoms with Crippen molar-refractivity contribution in [3.63, 3.8) is 0 Å². The highest BCUT2D eigenvalue weighted by Gasteiger charge is 2.13. The van der Waals surface area contributed by atoms with Gasteiger partial charge in [-0.3, -0.25) is 4.79 Å². The Bertz CT molecular complexity index is 421. The Balaban J connectivity index is 2.74. The molecule has 0 aromatic carbocycles. The van der Waals surface area contributed by atoms with Gasteiger partial charge in [0.25, 0.3) is 5.91 Å². The van der Waals surface area contributed by atoms with Crippen molar-refractivity contribution in [3.05, 3.63) is 23.4 Å². The molecule has 0 atom stereocenters. The third-order valence-electron chi connectivity index (χ3n) is 2.84. The maximum Gasteiger partial charge on any atom is 0.253 e. The van der Waals surface area contributed by atoms with Crippen LogP contribution in [-0.2, 0) is 11.2 Å². The number of carbonyl (C=O) groups excluding carboxylic acids is 1. The highest BCUT2D eigenvalue weighted by molar-refractivity contribution is 5.94. The van der Waals surface area contributed by atoms with Crippen molar-refractivity contribution in [3.8, 4) is 0 Å². The SMILES string of the molecule is CCCc1cc(C(=O)N(C)CCCOC)cc(N)n1. The molecule has 0 saturated carbocycles. The summed E-state index contributed by atoms with van der Waals surface area (Å²) < 4.78 is 4.98. The average Bonchev–Trinajstić information content (AvgIpc) is 2.37. The Hall–Kier alpha value is -1.62. The Morgan fingerprint density at radius 2 is 2.21 bits per heavy atom. The lowest BCUT2D eigenvalue weighted by Crippen LogP contribution is -2.28. The van der Waals surface area contributed by atoms with Crippen molar-refractivity contribution < 1.29 is 9.53 Å². The van der Waals surface area contributed by atoms with Gasteiger partial charge < -0.3 is 15.4 Å². The monoisotopic (exact) mass is 265 g/mol. The summed E-state index contributed by atoms with van der Waals surface area (Å²) in [6, 6.07) is 3.46. The second kappa shape index (κ2) is 7.74. The molecule has 5 nitrogen and oxygen atoms in total. The van der Waals surface area contributed by atoms with Crippen LogP contribution in [0.3, 0.4) is 0 Å². The summed E-state index contributed by atoms with van der Waals surface area (Å²) in [4.78, 5) is 18.2. The number of hydrogen-bond acceptors (Lipinski definition) is 4. The van der Waals surface area contributed by atoms with Gasteiger partial charge in [-0.15, -0.1) is 0 Å². The van der Waals surface area contributed by atoms with Gasteiger partial charge in [-0.1, -0.05) is 13.3 Å². The molecule has 0 aliphatic carbocycles. The lowest BCUT2D eigenvalue weighted by Gasteiger charge is -2.17. The molecule has 5 heteroatoms. The van der Waals surface area contributed by atoms with E-state index in [1.54, 1.807) is 25.1 Å². The number of hydrogen-bond donors (Lipinski definition) is 1. The molecule has 0 saturated heterocycles. The predicted octanol–water partition coefficient (Wildman–Crippen LogP) is 1.72. The van der Waals surface area contributed by atoms with Crippen LogP contribution in [0.15, 0.2) is 12.1 Å². The van der Waals surface area contributed by atoms with Crippen LogP contribution < -0.4 is 5.73 Å². The first-order chi connectivity index (χ1) is 9.08. The van der Waals surface area contributed by atoms with Gasteiger partial charge in [0.1, 0.15) is 5.82 Å². The molecule has 106 valence electrons. The fourth-order valence-electron chi connectivity index (χ4n) is 1.89. The minimum absolute atomic E-state index is 0.0254. The molecule has 1 heterocycles. The molecule has 0 fully saturated rings. The largest absolute Gasteiger partial charge is 0.385 e. The fourth-order valence-corrected chi connectivity index (χ4v) is 1.89. The van der Waals surface area contributed by atoms with Crippen LogP contribution in [-0.4, -0.2) is 43.1 Å². The van der Waals surface area contributed by atoms with Crippen molar-refractivity contribution in [2.45, 2.75) is 26.2 Å². The van der Waals surface area contributed by atoms with Crippen LogP contribution in [0.5, 0.6) is 0 Å². The van der Waals surface area contributed by atoms with Crippen molar-refractivity contribution in [1.29, 1.82) is 0 Å². The second-order valence-electron chi connectivity index (χ2n) is 4.60. The van der Waals surface area contributed by atoms with Gasteiger partial charge in [0.05, 0.1) is 0 Å². The van der Waals surface area contributed by atoms with Gasteiger partial charge in [-0.2, -0.15) is 0 Å². The molecule has 1 aromatic heterocycles. The summed E-state index contributed by atoms with van der Waals surface area (Å²) in [6.45, 7) is 3.39. The van der Waals surface area contributed by atoms with E-state index < -0.39 is 0 Å². The first kappa shape index (κ1) is 15.4. The Morgan fingerprint density at radius 1 is 1.47 bits per heavy atom. The van der Waals surface area contributed by atoms with E-state index in [0.29, 0.717) is 24.5 Å². The summed E-state index contributed by atoms with van der Waals surface area (Å²) >= 11 is 0. The number of rotatable bonds is 7. The van der Waals surface area contributed by atoms with E-state index in [1.807, 2.05) is 6.07 Å². The van der Waals surface area contributed by atoms with Crippen LogP contribution in [0.2, 0.25) is 0 Å². The molecule has 0 bridgehead atoms. The molecular weight excluding hydrogens is 242 g/mol. The number of methoxy groups -OCH3 is 1. The van der Waals surface area contributed by atoms with E-state index in [9.17, 15) is 4.79 Å². The Labute approximate surface area is 114 Å². The number of anilines is 1. The zero-order valence-electron chi connectivity index (χ0n) is 12.0. The van der Waals surface area contributed by atoms with Gasteiger partial charge >= 0.3 is 0 Å². The standard InChI is InChI=1S/C14H23N3O2/c1-4-6-12-9-11(10-13(15)16-12)14(18)17(2)7-5-8-19-3/h9-10H,4-8H2,1-3H3,(H2,15,16). The number of carbonyl (C=O) groups is 1. The van der Waals surface area contributed by atoms with Crippen LogP contribution in [0.1, 0.15) is 35.8 Å². The summed E-state index contributed by atoms with van der Waals surface area (Å²) in [5.41, 5.74) is 7.23. The average molecular weight is 265 g/mol. The molecule has 0 radical (unpaired) electrons. The number of nitrogens with two attached hydrogens (primary N) is 1. The maximum atomic E-state index is 12.2. The molecule has 0 aliphatic heterocycles. The third-order valence-corrected chi connectivity index (χ3v) is 2.84. The first-order valence-corrected chi connectivity index (χ1v) is 6.59. The van der Waals surface area contributed by atoms with Crippen LogP contribution in [0, 0.1) is 0 Å². The molecule has 0 spiro atoms. The normalized spacial score (nSPS) is 10.5. The van der Waals surface area contributed by atoms with Crippen molar-refractivity contribution >= 4 is 11.7 Å². The molecule has 2 N–H and O–H groups in total. The lowest BCUT2D eigenvalue weighted by molar-refractivity contribution is 0.0779. The molecule has 19 heavy (non-hydrogen) atoms. The number of nitrogens with zero attached hydrogens (tertiary/aromatic N) is 2. The molecule has 1 rings (SSSR count). The lowest BCUT2D eigenvalue weighted by atomic mass is 10.1. The van der Waals surface area contributed by atoms with Crippen molar-refractivity contribution in [1.82, 2.24) is 9.88 Å². The Morgan fingerprint density at radius 3 is 2.84 bits per heavy atom. The fraction of sp³-hybridized carbons (Fsp3) is 0.571. The van der Waals surface area contributed by atoms with Gasteiger partial charge in [-0.05, 0) is 25.0 Å². The number of aryl methyl sites for hydroxylation is 1. The van der Waals surface area contributed by atoms with Crippen molar-refractivity contribution in [2.24, 2.45) is 0 Å². The van der Waals surface area contributed by atoms with E-state index in [2.05, 4.69) is 11.9 Å². The molecule has 1 aromatic rings. The van der Waals surface area contributed by atoms with Crippen LogP contribution in [0.4, 0.5) is 5.82 Å². The van der Waals surface area contributed by atoms with Crippen LogP contribution >= 0.6 is 0 Å². The highest BCUT2D eigenvalue weighted by Crippen LogP contribution is 2.12. The van der Waals surface area contributed by atoms with E-state index in [1.165, 1.54) is 0 Å². The second-order valence-corrected chi connectivity index (χ2v) is 4.60. The number of ether oxygens (including phenoxy) is 1. The Kier molecular flexibility index (Phi) is 6.29. The number of nitrogen functional groups attached to an aromatic ring is 1.